The minimum Gasteiger partial charge on any atom is -0.484 e. The van der Waals surface area contributed by atoms with E-state index in [-0.39, 0.29) is 31.4 Å². The topological polar surface area (TPSA) is 117 Å². The van der Waals surface area contributed by atoms with Crippen molar-refractivity contribution in [2.45, 2.75) is 38.6 Å². The summed E-state index contributed by atoms with van der Waals surface area (Å²) in [5, 5.41) is 0. The summed E-state index contributed by atoms with van der Waals surface area (Å²) >= 11 is 0. The summed E-state index contributed by atoms with van der Waals surface area (Å²) < 4.78 is 46.3. The van der Waals surface area contributed by atoms with Crippen LogP contribution in [-0.2, 0) is 16.4 Å². The van der Waals surface area contributed by atoms with Gasteiger partial charge in [0.15, 0.2) is 33.5 Å². The van der Waals surface area contributed by atoms with Crippen LogP contribution in [0.4, 0.5) is 0 Å². The first-order chi connectivity index (χ1) is 21.4. The quantitative estimate of drug-likeness (QED) is 0.261. The molecule has 0 N–H and O–H groups in total. The molecule has 1 saturated heterocycles. The number of hydrogen-bond donors (Lipinski definition) is 0. The molecule has 0 saturated carbocycles. The Hall–Kier alpha value is -4.48. The third-order valence-corrected chi connectivity index (χ3v) is 9.57. The number of ether oxygens (including phenoxy) is 4. The SMILES string of the molecule is C.CN(Cc1ccc([C@H]2COc3cccnc3O2)cc1)C1CCS(=O)(=O)C1.O=Cc1ccc([C@H]2COc3cccnc3O2)cc1. The van der Waals surface area contributed by atoms with Crippen LogP contribution in [0.1, 0.15) is 53.1 Å². The fourth-order valence-corrected chi connectivity index (χ4v) is 7.12. The first-order valence-corrected chi connectivity index (χ1v) is 16.2. The van der Waals surface area contributed by atoms with Gasteiger partial charge in [-0.2, -0.15) is 0 Å². The third-order valence-electron chi connectivity index (χ3n) is 7.82. The van der Waals surface area contributed by atoms with Crippen LogP contribution in [0.5, 0.6) is 23.3 Å². The number of carbonyl (C=O) groups is 1. The monoisotopic (exact) mass is 631 g/mol. The van der Waals surface area contributed by atoms with Crippen LogP contribution in [-0.4, -0.2) is 67.4 Å². The molecule has 236 valence electrons. The lowest BCUT2D eigenvalue weighted by atomic mass is 10.1. The van der Waals surface area contributed by atoms with Crippen LogP contribution in [0.15, 0.2) is 85.2 Å². The molecule has 1 unspecified atom stereocenters. The lowest BCUT2D eigenvalue weighted by Gasteiger charge is -2.26. The highest BCUT2D eigenvalue weighted by Gasteiger charge is 2.30. The van der Waals surface area contributed by atoms with Crippen LogP contribution in [0, 0.1) is 0 Å². The number of fused-ring (bicyclic) bond motifs is 2. The number of benzene rings is 2. The molecule has 0 spiro atoms. The van der Waals surface area contributed by atoms with Crippen molar-refractivity contribution in [2.24, 2.45) is 0 Å². The first kappa shape index (κ1) is 31.9. The van der Waals surface area contributed by atoms with Gasteiger partial charge in [0.2, 0.25) is 0 Å². The minimum absolute atomic E-state index is 0. The second kappa shape index (κ2) is 14.1. The van der Waals surface area contributed by atoms with Crippen LogP contribution >= 0.6 is 0 Å². The third kappa shape index (κ3) is 7.79. The molecular weight excluding hydrogens is 594 g/mol. The van der Waals surface area contributed by atoms with Crippen molar-refractivity contribution in [3.8, 4) is 23.3 Å². The van der Waals surface area contributed by atoms with Crippen molar-refractivity contribution >= 4 is 16.1 Å². The molecule has 3 atom stereocenters. The zero-order chi connectivity index (χ0) is 30.5. The highest BCUT2D eigenvalue weighted by Crippen LogP contribution is 2.35. The standard InChI is InChI=1S/C19H22N2O4S.C14H11NO3.CH4/c1-21(16-8-10-26(22,23)13-16)11-14-4-6-15(7-5-14)18-12-24-17-3-2-9-20-19(17)25-18;16-8-10-3-5-11(6-4-10)13-9-17-12-2-1-7-15-14(12)18-13;/h2-7,9,16,18H,8,10-13H2,1H3;1-8,13H,9H2;1H4/t16?,18-;13-;/m11./s1. The summed E-state index contributed by atoms with van der Waals surface area (Å²) in [6.45, 7) is 1.63. The van der Waals surface area contributed by atoms with Gasteiger partial charge in [-0.1, -0.05) is 56.0 Å². The van der Waals surface area contributed by atoms with Gasteiger partial charge in [-0.25, -0.2) is 18.4 Å². The Morgan fingerprint density at radius 1 is 0.822 bits per heavy atom. The Balaban J connectivity index is 0.000000185. The predicted octanol–water partition coefficient (Wildman–Crippen LogP) is 5.26. The summed E-state index contributed by atoms with van der Waals surface area (Å²) in [5.41, 5.74) is 3.80. The number of carbonyl (C=O) groups excluding carboxylic acids is 1. The van der Waals surface area contributed by atoms with E-state index < -0.39 is 9.84 Å². The van der Waals surface area contributed by atoms with Gasteiger partial charge in [0.25, 0.3) is 11.8 Å². The minimum atomic E-state index is -2.86. The largest absolute Gasteiger partial charge is 0.484 e. The highest BCUT2D eigenvalue weighted by atomic mass is 32.2. The molecule has 3 aliphatic heterocycles. The molecule has 1 fully saturated rings. The Morgan fingerprint density at radius 2 is 1.36 bits per heavy atom. The molecule has 45 heavy (non-hydrogen) atoms. The Labute approximate surface area is 263 Å². The van der Waals surface area contributed by atoms with Crippen molar-refractivity contribution in [3.63, 3.8) is 0 Å². The van der Waals surface area contributed by atoms with Gasteiger partial charge >= 0.3 is 0 Å². The maximum absolute atomic E-state index is 11.6. The molecule has 3 aliphatic rings. The van der Waals surface area contributed by atoms with E-state index in [2.05, 4.69) is 27.0 Å². The lowest BCUT2D eigenvalue weighted by molar-refractivity contribution is 0.0850. The number of hydrogen-bond acceptors (Lipinski definition) is 10. The van der Waals surface area contributed by atoms with Crippen LogP contribution in [0.2, 0.25) is 0 Å². The molecule has 0 radical (unpaired) electrons. The predicted molar refractivity (Wildman–Crippen MR) is 170 cm³/mol. The van der Waals surface area contributed by atoms with Gasteiger partial charge in [0, 0.05) is 30.5 Å². The van der Waals surface area contributed by atoms with Crippen LogP contribution in [0.3, 0.4) is 0 Å². The van der Waals surface area contributed by atoms with E-state index in [0.29, 0.717) is 47.8 Å². The zero-order valence-electron chi connectivity index (χ0n) is 24.2. The second-order valence-electron chi connectivity index (χ2n) is 10.9. The molecule has 11 heteroatoms. The summed E-state index contributed by atoms with van der Waals surface area (Å²) in [7, 11) is -0.870. The maximum Gasteiger partial charge on any atom is 0.257 e. The van der Waals surface area contributed by atoms with E-state index in [1.807, 2.05) is 49.5 Å². The van der Waals surface area contributed by atoms with E-state index >= 15 is 0 Å². The van der Waals surface area contributed by atoms with Crippen molar-refractivity contribution in [1.82, 2.24) is 14.9 Å². The number of sulfone groups is 1. The number of rotatable bonds is 6. The Morgan fingerprint density at radius 3 is 1.84 bits per heavy atom. The van der Waals surface area contributed by atoms with Gasteiger partial charge in [-0.05, 0) is 54.4 Å². The summed E-state index contributed by atoms with van der Waals surface area (Å²) in [5.74, 6) is 2.94. The van der Waals surface area contributed by atoms with E-state index in [9.17, 15) is 13.2 Å². The summed E-state index contributed by atoms with van der Waals surface area (Å²) in [4.78, 5) is 21.0. The zero-order valence-corrected chi connectivity index (χ0v) is 25.1. The Kier molecular flexibility index (Phi) is 9.99. The normalized spacial score (nSPS) is 20.7. The summed E-state index contributed by atoms with van der Waals surface area (Å²) in [6, 6.07) is 22.9. The van der Waals surface area contributed by atoms with E-state index in [1.165, 1.54) is 0 Å². The van der Waals surface area contributed by atoms with Crippen molar-refractivity contribution in [2.75, 3.05) is 31.8 Å². The molecule has 0 amide bonds. The Bertz CT molecular complexity index is 1700. The van der Waals surface area contributed by atoms with Gasteiger partial charge in [0.1, 0.15) is 19.5 Å². The van der Waals surface area contributed by atoms with Gasteiger partial charge in [-0.15, -0.1) is 0 Å². The first-order valence-electron chi connectivity index (χ1n) is 14.4. The molecule has 10 nitrogen and oxygen atoms in total. The van der Waals surface area contributed by atoms with E-state index in [0.717, 1.165) is 35.9 Å². The number of pyridine rings is 2. The fourth-order valence-electron chi connectivity index (χ4n) is 5.31. The maximum atomic E-state index is 11.6. The van der Waals surface area contributed by atoms with Gasteiger partial charge < -0.3 is 18.9 Å². The van der Waals surface area contributed by atoms with Crippen LogP contribution < -0.4 is 18.9 Å². The molecule has 2 aromatic carbocycles. The van der Waals surface area contributed by atoms with Crippen molar-refractivity contribution in [3.05, 3.63) is 107 Å². The average molecular weight is 632 g/mol. The van der Waals surface area contributed by atoms with Gasteiger partial charge in [0.05, 0.1) is 11.5 Å². The molecule has 4 aromatic rings. The molecule has 0 aliphatic carbocycles. The molecule has 5 heterocycles. The van der Waals surface area contributed by atoms with Gasteiger partial charge in [-0.3, -0.25) is 9.69 Å². The van der Waals surface area contributed by atoms with Crippen LogP contribution in [0.25, 0.3) is 0 Å². The molecule has 7 rings (SSSR count). The summed E-state index contributed by atoms with van der Waals surface area (Å²) in [6.07, 6.45) is 4.53. The number of aromatic nitrogens is 2. The van der Waals surface area contributed by atoms with Crippen molar-refractivity contribution < 1.29 is 32.2 Å². The highest BCUT2D eigenvalue weighted by molar-refractivity contribution is 7.91. The number of aldehydes is 1. The van der Waals surface area contributed by atoms with E-state index in [1.54, 1.807) is 30.6 Å². The smallest absolute Gasteiger partial charge is 0.257 e. The number of nitrogens with zero attached hydrogens (tertiary/aromatic N) is 3. The lowest BCUT2D eigenvalue weighted by Crippen LogP contribution is -2.32. The van der Waals surface area contributed by atoms with Crippen molar-refractivity contribution in [1.29, 1.82) is 0 Å². The second-order valence-corrected chi connectivity index (χ2v) is 13.2. The molecular formula is C34H37N3O7S. The molecule has 2 aromatic heterocycles. The van der Waals surface area contributed by atoms with E-state index in [4.69, 9.17) is 18.9 Å². The molecule has 0 bridgehead atoms. The average Bonchev–Trinajstić information content (AvgIpc) is 3.44. The fraction of sp³-hybridized carbons (Fsp3) is 0.324.